The lowest BCUT2D eigenvalue weighted by molar-refractivity contribution is 0.0509. The molecule has 0 saturated heterocycles. The second-order valence-corrected chi connectivity index (χ2v) is 3.08. The average Bonchev–Trinajstić information content (AvgIpc) is 1.65. The quantitative estimate of drug-likeness (QED) is 0.564. The topological polar surface area (TPSA) is 20.2 Å². The van der Waals surface area contributed by atoms with Gasteiger partial charge in [-0.2, -0.15) is 0 Å². The van der Waals surface area contributed by atoms with Crippen LogP contribution in [0.15, 0.2) is 12.2 Å². The Hall–Kier alpha value is -0.300. The Labute approximate surface area is 57.4 Å². The van der Waals surface area contributed by atoms with Crippen LogP contribution in [-0.4, -0.2) is 10.7 Å². The Kier molecular flexibility index (Phi) is 2.44. The minimum Gasteiger partial charge on any atom is -0.386 e. The summed E-state index contributed by atoms with van der Waals surface area (Å²) in [5.74, 6) is 0.245. The molecule has 0 rings (SSSR count). The fourth-order valence-electron chi connectivity index (χ4n) is 0.493. The van der Waals surface area contributed by atoms with E-state index in [1.54, 1.807) is 6.92 Å². The van der Waals surface area contributed by atoms with Crippen molar-refractivity contribution in [3.8, 4) is 0 Å². The Morgan fingerprint density at radius 2 is 1.89 bits per heavy atom. The molecule has 0 spiro atoms. The van der Waals surface area contributed by atoms with E-state index in [0.717, 1.165) is 5.57 Å². The lowest BCUT2D eigenvalue weighted by atomic mass is 9.87. The molecule has 0 heterocycles. The summed E-state index contributed by atoms with van der Waals surface area (Å²) in [5.41, 5.74) is 0.137. The molecule has 0 fully saturated rings. The molecule has 54 valence electrons. The molecule has 0 amide bonds. The van der Waals surface area contributed by atoms with Crippen LogP contribution in [0.4, 0.5) is 0 Å². The molecule has 0 aromatic heterocycles. The summed E-state index contributed by atoms with van der Waals surface area (Å²) < 4.78 is 0. The number of hydrogen-bond acceptors (Lipinski definition) is 1. The first kappa shape index (κ1) is 8.70. The zero-order valence-electron chi connectivity index (χ0n) is 6.73. The summed E-state index contributed by atoms with van der Waals surface area (Å²) >= 11 is 0. The van der Waals surface area contributed by atoms with Crippen LogP contribution >= 0.6 is 0 Å². The molecule has 0 saturated carbocycles. The van der Waals surface area contributed by atoms with E-state index in [1.165, 1.54) is 0 Å². The molecule has 9 heavy (non-hydrogen) atoms. The summed E-state index contributed by atoms with van der Waals surface area (Å²) in [6.45, 7) is 11.3. The van der Waals surface area contributed by atoms with Gasteiger partial charge in [-0.1, -0.05) is 20.4 Å². The van der Waals surface area contributed by atoms with Crippen LogP contribution in [0.5, 0.6) is 0 Å². The van der Waals surface area contributed by atoms with E-state index in [1.807, 2.05) is 20.8 Å². The second kappa shape index (κ2) is 2.53. The van der Waals surface area contributed by atoms with Crippen LogP contribution in [0.25, 0.3) is 0 Å². The van der Waals surface area contributed by atoms with Gasteiger partial charge >= 0.3 is 0 Å². The summed E-state index contributed by atoms with van der Waals surface area (Å²) in [4.78, 5) is 0. The Balaban J connectivity index is 4.19. The van der Waals surface area contributed by atoms with E-state index >= 15 is 0 Å². The predicted molar refractivity (Wildman–Crippen MR) is 40.3 cm³/mol. The van der Waals surface area contributed by atoms with Gasteiger partial charge in [0.25, 0.3) is 0 Å². The van der Waals surface area contributed by atoms with Crippen LogP contribution in [0.2, 0.25) is 0 Å². The maximum Gasteiger partial charge on any atom is 0.0846 e. The van der Waals surface area contributed by atoms with Crippen LogP contribution in [0, 0.1) is 5.92 Å². The molecule has 0 aromatic rings. The number of rotatable bonds is 2. The zero-order valence-corrected chi connectivity index (χ0v) is 6.73. The van der Waals surface area contributed by atoms with E-state index in [-0.39, 0.29) is 5.92 Å². The molecule has 1 unspecified atom stereocenters. The first-order chi connectivity index (χ1) is 3.89. The SMILES string of the molecule is C=C(C)C(C)(O)C(C)C. The fourth-order valence-corrected chi connectivity index (χ4v) is 0.493. The highest BCUT2D eigenvalue weighted by molar-refractivity contribution is 5.08. The van der Waals surface area contributed by atoms with Crippen LogP contribution in [0.1, 0.15) is 27.7 Å². The molecule has 1 heteroatoms. The molecular weight excluding hydrogens is 112 g/mol. The largest absolute Gasteiger partial charge is 0.386 e. The Morgan fingerprint density at radius 1 is 1.56 bits per heavy atom. The Morgan fingerprint density at radius 3 is 1.89 bits per heavy atom. The van der Waals surface area contributed by atoms with Crippen molar-refractivity contribution in [2.75, 3.05) is 0 Å². The molecule has 0 aliphatic carbocycles. The van der Waals surface area contributed by atoms with Crippen molar-refractivity contribution in [3.63, 3.8) is 0 Å². The average molecular weight is 128 g/mol. The van der Waals surface area contributed by atoms with Gasteiger partial charge in [0.2, 0.25) is 0 Å². The Bertz CT molecular complexity index is 112. The van der Waals surface area contributed by atoms with Crippen molar-refractivity contribution in [2.45, 2.75) is 33.3 Å². The van der Waals surface area contributed by atoms with Crippen LogP contribution in [0.3, 0.4) is 0 Å². The third kappa shape index (κ3) is 1.83. The number of aliphatic hydroxyl groups is 1. The molecular formula is C8H16O. The summed E-state index contributed by atoms with van der Waals surface area (Å²) in [6, 6.07) is 0. The lowest BCUT2D eigenvalue weighted by Crippen LogP contribution is -2.31. The van der Waals surface area contributed by atoms with E-state index in [4.69, 9.17) is 0 Å². The van der Waals surface area contributed by atoms with E-state index < -0.39 is 5.60 Å². The molecule has 1 atom stereocenters. The van der Waals surface area contributed by atoms with Gasteiger partial charge in [-0.15, -0.1) is 0 Å². The maximum absolute atomic E-state index is 9.57. The van der Waals surface area contributed by atoms with Gasteiger partial charge in [0.15, 0.2) is 0 Å². The van der Waals surface area contributed by atoms with Gasteiger partial charge in [0, 0.05) is 0 Å². The molecule has 0 aliphatic rings. The highest BCUT2D eigenvalue weighted by Gasteiger charge is 2.24. The normalized spacial score (nSPS) is 17.6. The summed E-state index contributed by atoms with van der Waals surface area (Å²) in [6.07, 6.45) is 0. The van der Waals surface area contributed by atoms with Gasteiger partial charge in [-0.3, -0.25) is 0 Å². The second-order valence-electron chi connectivity index (χ2n) is 3.08. The molecule has 1 nitrogen and oxygen atoms in total. The molecule has 1 N–H and O–H groups in total. The monoisotopic (exact) mass is 128 g/mol. The van der Waals surface area contributed by atoms with Crippen LogP contribution < -0.4 is 0 Å². The minimum absolute atomic E-state index is 0.245. The van der Waals surface area contributed by atoms with Crippen molar-refractivity contribution in [1.29, 1.82) is 0 Å². The zero-order chi connectivity index (χ0) is 7.65. The fraction of sp³-hybridized carbons (Fsp3) is 0.750. The van der Waals surface area contributed by atoms with Crippen molar-refractivity contribution in [1.82, 2.24) is 0 Å². The molecule has 0 aliphatic heterocycles. The van der Waals surface area contributed by atoms with Crippen molar-refractivity contribution in [3.05, 3.63) is 12.2 Å². The highest BCUT2D eigenvalue weighted by Crippen LogP contribution is 2.22. The van der Waals surface area contributed by atoms with Crippen LogP contribution in [-0.2, 0) is 0 Å². The molecule has 0 bridgehead atoms. The first-order valence-corrected chi connectivity index (χ1v) is 3.27. The van der Waals surface area contributed by atoms with Crippen molar-refractivity contribution in [2.24, 2.45) is 5.92 Å². The standard InChI is InChI=1S/C8H16O/c1-6(2)8(5,9)7(3)4/h7,9H,1H2,2-5H3. The van der Waals surface area contributed by atoms with Gasteiger partial charge in [0.1, 0.15) is 0 Å². The van der Waals surface area contributed by atoms with Crippen molar-refractivity contribution < 1.29 is 5.11 Å². The van der Waals surface area contributed by atoms with Crippen molar-refractivity contribution >= 4 is 0 Å². The third-order valence-electron chi connectivity index (χ3n) is 1.99. The van der Waals surface area contributed by atoms with E-state index in [0.29, 0.717) is 0 Å². The molecule has 0 radical (unpaired) electrons. The third-order valence-corrected chi connectivity index (χ3v) is 1.99. The van der Waals surface area contributed by atoms with Gasteiger partial charge in [-0.25, -0.2) is 0 Å². The summed E-state index contributed by atoms with van der Waals surface area (Å²) in [5, 5.41) is 9.57. The maximum atomic E-state index is 9.57. The lowest BCUT2D eigenvalue weighted by Gasteiger charge is -2.27. The molecule has 0 aromatic carbocycles. The van der Waals surface area contributed by atoms with E-state index in [2.05, 4.69) is 6.58 Å². The van der Waals surface area contributed by atoms with Gasteiger partial charge in [0.05, 0.1) is 5.60 Å². The van der Waals surface area contributed by atoms with E-state index in [9.17, 15) is 5.11 Å². The van der Waals surface area contributed by atoms with Gasteiger partial charge < -0.3 is 5.11 Å². The number of hydrogen-bond donors (Lipinski definition) is 1. The summed E-state index contributed by atoms with van der Waals surface area (Å²) in [7, 11) is 0. The predicted octanol–water partition coefficient (Wildman–Crippen LogP) is 1.97. The smallest absolute Gasteiger partial charge is 0.0846 e. The van der Waals surface area contributed by atoms with Gasteiger partial charge in [-0.05, 0) is 25.3 Å². The highest BCUT2D eigenvalue weighted by atomic mass is 16.3. The first-order valence-electron chi connectivity index (χ1n) is 3.27. The minimum atomic E-state index is -0.694.